The third-order valence-electron chi connectivity index (χ3n) is 6.44. The molecule has 1 amide bonds. The number of esters is 1. The van der Waals surface area contributed by atoms with E-state index in [1.807, 2.05) is 48.5 Å². The number of carbonyl (C=O) groups is 2. The summed E-state index contributed by atoms with van der Waals surface area (Å²) in [6.07, 6.45) is 7.27. The zero-order valence-corrected chi connectivity index (χ0v) is 22.8. The molecular weight excluding hydrogens is 490 g/mol. The molecule has 0 aliphatic heterocycles. The third kappa shape index (κ3) is 10.8. The van der Waals surface area contributed by atoms with Gasteiger partial charge in [0.05, 0.1) is 23.8 Å². The predicted molar refractivity (Wildman–Crippen MR) is 154 cm³/mol. The van der Waals surface area contributed by atoms with E-state index in [1.54, 1.807) is 0 Å². The second kappa shape index (κ2) is 16.8. The zero-order valence-electron chi connectivity index (χ0n) is 22.8. The van der Waals surface area contributed by atoms with Gasteiger partial charge in [0.2, 0.25) is 0 Å². The lowest BCUT2D eigenvalue weighted by atomic mass is 10.1. The van der Waals surface area contributed by atoms with Crippen LogP contribution in [0.15, 0.2) is 89.7 Å². The van der Waals surface area contributed by atoms with Gasteiger partial charge in [0.15, 0.2) is 5.43 Å². The van der Waals surface area contributed by atoms with Crippen molar-refractivity contribution in [3.05, 3.63) is 112 Å². The minimum atomic E-state index is -0.521. The largest absolute Gasteiger partial charge is 0.490 e. The molecule has 1 N–H and O–H groups in total. The molecule has 0 saturated heterocycles. The van der Waals surface area contributed by atoms with Gasteiger partial charge < -0.3 is 14.8 Å². The molecule has 39 heavy (non-hydrogen) atoms. The Kier molecular flexibility index (Phi) is 12.8. The van der Waals surface area contributed by atoms with E-state index in [-0.39, 0.29) is 23.8 Å². The summed E-state index contributed by atoms with van der Waals surface area (Å²) in [4.78, 5) is 37.6. The summed E-state index contributed by atoms with van der Waals surface area (Å²) >= 11 is 0. The number of carbonyl (C=O) groups excluding carboxylic acids is 2. The Bertz CT molecular complexity index is 1210. The maximum Gasteiger partial charge on any atom is 0.338 e. The molecule has 3 aromatic carbocycles. The Hall–Kier alpha value is -3.93. The number of amides is 1. The third-order valence-corrected chi connectivity index (χ3v) is 6.44. The van der Waals surface area contributed by atoms with Crippen LogP contribution >= 0.6 is 0 Å². The number of benzene rings is 2. The highest BCUT2D eigenvalue weighted by Gasteiger charge is 2.13. The van der Waals surface area contributed by atoms with Gasteiger partial charge in [-0.2, -0.15) is 0 Å². The molecule has 0 spiro atoms. The Balaban J connectivity index is 1.43. The van der Waals surface area contributed by atoms with Crippen molar-refractivity contribution >= 4 is 11.9 Å². The molecule has 0 aliphatic rings. The van der Waals surface area contributed by atoms with Gasteiger partial charge in [-0.3, -0.25) is 9.59 Å². The molecule has 206 valence electrons. The molecule has 0 saturated carbocycles. The number of para-hydroxylation sites is 1. The van der Waals surface area contributed by atoms with E-state index < -0.39 is 17.3 Å². The molecule has 3 rings (SSSR count). The van der Waals surface area contributed by atoms with Gasteiger partial charge in [0.1, 0.15) is 5.75 Å². The highest BCUT2D eigenvalue weighted by atomic mass is 16.5. The van der Waals surface area contributed by atoms with E-state index in [2.05, 4.69) is 24.4 Å². The highest BCUT2D eigenvalue weighted by Crippen LogP contribution is 2.17. The van der Waals surface area contributed by atoms with E-state index in [1.165, 1.54) is 29.8 Å². The number of unbranched alkanes of at least 4 members (excludes halogenated alkanes) is 2. The highest BCUT2D eigenvalue weighted by molar-refractivity contribution is 5.95. The van der Waals surface area contributed by atoms with Crippen LogP contribution in [-0.4, -0.2) is 31.1 Å². The number of rotatable bonds is 16. The minimum Gasteiger partial charge on any atom is -0.490 e. The van der Waals surface area contributed by atoms with Crippen molar-refractivity contribution in [1.29, 1.82) is 0 Å². The first-order chi connectivity index (χ1) is 19.1. The summed E-state index contributed by atoms with van der Waals surface area (Å²) in [6.45, 7) is 2.88. The normalized spacial score (nSPS) is 11.4. The van der Waals surface area contributed by atoms with Crippen LogP contribution in [0, 0.1) is 0 Å². The van der Waals surface area contributed by atoms with Gasteiger partial charge in [-0.05, 0) is 80.5 Å². The molecule has 1 unspecified atom stereocenters. The maximum atomic E-state index is 12.6. The molecule has 0 fully saturated rings. The minimum absolute atomic E-state index is 0.00827. The molecule has 6 heteroatoms. The van der Waals surface area contributed by atoms with E-state index in [0.717, 1.165) is 50.7 Å². The van der Waals surface area contributed by atoms with Crippen molar-refractivity contribution < 1.29 is 19.1 Å². The molecule has 0 aliphatic carbocycles. The molecular formula is C33H39NO5. The van der Waals surface area contributed by atoms with E-state index >= 15 is 0 Å². The lowest BCUT2D eigenvalue weighted by Crippen LogP contribution is -2.28. The first kappa shape index (κ1) is 29.6. The average molecular weight is 530 g/mol. The van der Waals surface area contributed by atoms with Crippen molar-refractivity contribution in [2.75, 3.05) is 13.2 Å². The fraction of sp³-hybridized carbons (Fsp3) is 0.364. The van der Waals surface area contributed by atoms with Gasteiger partial charge in [-0.25, -0.2) is 4.79 Å². The summed E-state index contributed by atoms with van der Waals surface area (Å²) in [6, 6.07) is 25.4. The number of aryl methyl sites for hydroxylation is 1. The fourth-order valence-corrected chi connectivity index (χ4v) is 4.23. The van der Waals surface area contributed by atoms with Crippen molar-refractivity contribution in [2.24, 2.45) is 0 Å². The zero-order chi connectivity index (χ0) is 27.7. The van der Waals surface area contributed by atoms with Crippen LogP contribution in [0.3, 0.4) is 0 Å². The predicted octanol–water partition coefficient (Wildman–Crippen LogP) is 6.37. The molecule has 3 aromatic rings. The van der Waals surface area contributed by atoms with Crippen LogP contribution in [-0.2, 0) is 11.2 Å². The number of hydrogen-bond donors (Lipinski definition) is 1. The summed E-state index contributed by atoms with van der Waals surface area (Å²) in [5.74, 6) is -0.119. The van der Waals surface area contributed by atoms with E-state index in [4.69, 9.17) is 9.47 Å². The van der Waals surface area contributed by atoms with Crippen LogP contribution in [0.5, 0.6) is 5.75 Å². The Labute approximate surface area is 231 Å². The number of ether oxygens (including phenoxy) is 2. The Morgan fingerprint density at radius 3 is 2.23 bits per heavy atom. The van der Waals surface area contributed by atoms with Crippen molar-refractivity contribution in [2.45, 2.75) is 64.4 Å². The summed E-state index contributed by atoms with van der Waals surface area (Å²) in [7, 11) is 0. The number of hydrogen-bond acceptors (Lipinski definition) is 5. The second-order valence-electron chi connectivity index (χ2n) is 9.57. The average Bonchev–Trinajstić information content (AvgIpc) is 3.16. The monoisotopic (exact) mass is 529 g/mol. The summed E-state index contributed by atoms with van der Waals surface area (Å²) in [5, 5.41) is 2.81. The van der Waals surface area contributed by atoms with Gasteiger partial charge in [0.25, 0.3) is 5.91 Å². The van der Waals surface area contributed by atoms with Gasteiger partial charge >= 0.3 is 5.97 Å². The summed E-state index contributed by atoms with van der Waals surface area (Å²) < 4.78 is 11.6. The van der Waals surface area contributed by atoms with Gasteiger partial charge in [-0.1, -0.05) is 68.3 Å². The Morgan fingerprint density at radius 2 is 1.49 bits per heavy atom. The van der Waals surface area contributed by atoms with E-state index in [0.29, 0.717) is 13.0 Å². The van der Waals surface area contributed by atoms with Crippen LogP contribution in [0.25, 0.3) is 0 Å². The lowest BCUT2D eigenvalue weighted by molar-refractivity contribution is 0.0480. The first-order valence-corrected chi connectivity index (χ1v) is 13.9. The van der Waals surface area contributed by atoms with Gasteiger partial charge in [0, 0.05) is 6.54 Å². The topological polar surface area (TPSA) is 81.7 Å². The second-order valence-corrected chi connectivity index (χ2v) is 9.57. The standard InChI is InChI=1S/C33H39NO5/c1-2-3-16-28(39-29-17-8-5-9-18-29)19-12-25-38-33(37)27-20-22-30(31(35)23-21-27)32(36)34-24-11-10-15-26-13-6-4-7-14-26/h4-9,13-14,17-18,20-23,28H,2-3,10-12,15-16,19,24-25H2,1H3,(H,34,36). The molecule has 0 aromatic heterocycles. The van der Waals surface area contributed by atoms with E-state index in [9.17, 15) is 14.4 Å². The smallest absolute Gasteiger partial charge is 0.338 e. The molecule has 0 heterocycles. The molecule has 6 nitrogen and oxygen atoms in total. The fourth-order valence-electron chi connectivity index (χ4n) is 4.23. The van der Waals surface area contributed by atoms with Crippen molar-refractivity contribution in [3.63, 3.8) is 0 Å². The molecule has 0 bridgehead atoms. The molecule has 1 atom stereocenters. The van der Waals surface area contributed by atoms with Gasteiger partial charge in [-0.15, -0.1) is 0 Å². The Morgan fingerprint density at radius 1 is 0.795 bits per heavy atom. The van der Waals surface area contributed by atoms with Crippen molar-refractivity contribution in [1.82, 2.24) is 5.32 Å². The lowest BCUT2D eigenvalue weighted by Gasteiger charge is -2.19. The van der Waals surface area contributed by atoms with Crippen LogP contribution in [0.1, 0.15) is 78.1 Å². The maximum absolute atomic E-state index is 12.6. The SMILES string of the molecule is CCCCC(CCCOC(=O)c1ccc(C(=O)NCCCCc2ccccc2)c(=O)cc1)Oc1ccccc1. The quantitative estimate of drug-likeness (QED) is 0.172. The summed E-state index contributed by atoms with van der Waals surface area (Å²) in [5.41, 5.74) is 1.07. The molecule has 0 radical (unpaired) electrons. The van der Waals surface area contributed by atoms with Crippen LogP contribution < -0.4 is 15.5 Å². The van der Waals surface area contributed by atoms with Crippen LogP contribution in [0.4, 0.5) is 0 Å². The van der Waals surface area contributed by atoms with Crippen molar-refractivity contribution in [3.8, 4) is 5.75 Å². The van der Waals surface area contributed by atoms with Crippen LogP contribution in [0.2, 0.25) is 0 Å². The number of nitrogens with one attached hydrogen (secondary N) is 1. The first-order valence-electron chi connectivity index (χ1n) is 13.9.